The van der Waals surface area contributed by atoms with E-state index < -0.39 is 32.7 Å². The van der Waals surface area contributed by atoms with Crippen LogP contribution in [0.5, 0.6) is 0 Å². The molecule has 0 bridgehead atoms. The maximum atomic E-state index is 13.6. The molecule has 100 valence electrons. The van der Waals surface area contributed by atoms with Gasteiger partial charge in [-0.3, -0.25) is 0 Å². The van der Waals surface area contributed by atoms with Gasteiger partial charge in [-0.2, -0.15) is 4.31 Å². The number of aliphatic hydroxyl groups is 1. The van der Waals surface area contributed by atoms with Crippen molar-refractivity contribution in [1.29, 1.82) is 0 Å². The van der Waals surface area contributed by atoms with Crippen LogP contribution in [0.2, 0.25) is 0 Å². The minimum Gasteiger partial charge on any atom is -0.399 e. The lowest BCUT2D eigenvalue weighted by Gasteiger charge is -2.16. The van der Waals surface area contributed by atoms with E-state index in [1.807, 2.05) is 0 Å². The van der Waals surface area contributed by atoms with E-state index in [-0.39, 0.29) is 25.2 Å². The molecule has 1 heterocycles. The highest BCUT2D eigenvalue weighted by Crippen LogP contribution is 2.27. The van der Waals surface area contributed by atoms with Crippen LogP contribution in [0.15, 0.2) is 17.0 Å². The number of halogens is 2. The van der Waals surface area contributed by atoms with Crippen molar-refractivity contribution in [3.8, 4) is 0 Å². The molecule has 0 amide bonds. The number of β-amino-alcohol motifs (C(OH)–C–C–N with tert-alkyl or cyclic N) is 1. The summed E-state index contributed by atoms with van der Waals surface area (Å²) in [5, 5.41) is 9.28. The van der Waals surface area contributed by atoms with Crippen LogP contribution in [0.4, 0.5) is 14.5 Å². The summed E-state index contributed by atoms with van der Waals surface area (Å²) in [6.07, 6.45) is -0.558. The first-order chi connectivity index (χ1) is 8.32. The maximum Gasteiger partial charge on any atom is 0.249 e. The first-order valence-electron chi connectivity index (χ1n) is 5.25. The maximum absolute atomic E-state index is 13.6. The van der Waals surface area contributed by atoms with Gasteiger partial charge in [-0.1, -0.05) is 0 Å². The second-order valence-electron chi connectivity index (χ2n) is 4.12. The smallest absolute Gasteiger partial charge is 0.249 e. The molecule has 1 unspecified atom stereocenters. The molecule has 5 nitrogen and oxygen atoms in total. The lowest BCUT2D eigenvalue weighted by molar-refractivity contribution is 0.189. The van der Waals surface area contributed by atoms with Crippen LogP contribution in [0, 0.1) is 11.6 Å². The second kappa shape index (κ2) is 4.45. The van der Waals surface area contributed by atoms with E-state index in [9.17, 15) is 22.3 Å². The molecule has 0 spiro atoms. The van der Waals surface area contributed by atoms with E-state index >= 15 is 0 Å². The lowest BCUT2D eigenvalue weighted by atomic mass is 10.3. The Hall–Kier alpha value is -1.25. The van der Waals surface area contributed by atoms with Gasteiger partial charge in [-0.25, -0.2) is 17.2 Å². The third-order valence-electron chi connectivity index (χ3n) is 2.74. The van der Waals surface area contributed by atoms with Crippen LogP contribution in [-0.2, 0) is 10.0 Å². The number of rotatable bonds is 2. The van der Waals surface area contributed by atoms with E-state index in [4.69, 9.17) is 5.73 Å². The molecule has 1 aromatic rings. The summed E-state index contributed by atoms with van der Waals surface area (Å²) < 4.78 is 52.0. The van der Waals surface area contributed by atoms with Crippen LogP contribution < -0.4 is 5.73 Å². The molecule has 2 rings (SSSR count). The molecule has 3 N–H and O–H groups in total. The Labute approximate surface area is 103 Å². The molecule has 1 atom stereocenters. The Morgan fingerprint density at radius 1 is 1.33 bits per heavy atom. The summed E-state index contributed by atoms with van der Waals surface area (Å²) in [5.41, 5.74) is 5.03. The number of benzene rings is 1. The number of anilines is 1. The molecule has 1 aromatic carbocycles. The zero-order valence-electron chi connectivity index (χ0n) is 9.31. The highest BCUT2D eigenvalue weighted by Gasteiger charge is 2.35. The SMILES string of the molecule is Nc1cc(F)c(S(=O)(=O)N2CCC(O)C2)c(F)c1. The molecule has 0 saturated carbocycles. The molecule has 1 aliphatic rings. The van der Waals surface area contributed by atoms with Gasteiger partial charge in [-0.05, 0) is 18.6 Å². The third kappa shape index (κ3) is 2.18. The van der Waals surface area contributed by atoms with Crippen molar-refractivity contribution in [3.05, 3.63) is 23.8 Å². The summed E-state index contributed by atoms with van der Waals surface area (Å²) in [6.45, 7) is -0.127. The summed E-state index contributed by atoms with van der Waals surface area (Å²) in [4.78, 5) is -1.02. The number of hydrogen-bond donors (Lipinski definition) is 2. The van der Waals surface area contributed by atoms with E-state index in [0.717, 1.165) is 16.4 Å². The quantitative estimate of drug-likeness (QED) is 0.762. The summed E-state index contributed by atoms with van der Waals surface area (Å²) in [6, 6.07) is 1.50. The number of nitrogen functional groups attached to an aromatic ring is 1. The normalized spacial score (nSPS) is 21.4. The Kier molecular flexibility index (Phi) is 3.26. The predicted molar refractivity (Wildman–Crippen MR) is 60.2 cm³/mol. The Bertz CT molecular complexity index is 553. The molecule has 1 aliphatic heterocycles. The predicted octanol–water partition coefficient (Wildman–Crippen LogP) is 0.302. The van der Waals surface area contributed by atoms with E-state index in [2.05, 4.69) is 0 Å². The minimum absolute atomic E-state index is 0.0345. The Morgan fingerprint density at radius 2 is 1.89 bits per heavy atom. The molecular weight excluding hydrogens is 266 g/mol. The molecule has 0 aliphatic carbocycles. The minimum atomic E-state index is -4.28. The Balaban J connectivity index is 2.48. The van der Waals surface area contributed by atoms with Crippen molar-refractivity contribution in [2.45, 2.75) is 17.4 Å². The molecule has 0 aromatic heterocycles. The van der Waals surface area contributed by atoms with Crippen LogP contribution in [0.25, 0.3) is 0 Å². The van der Waals surface area contributed by atoms with Gasteiger partial charge in [0, 0.05) is 18.8 Å². The highest BCUT2D eigenvalue weighted by molar-refractivity contribution is 7.89. The molecule has 1 fully saturated rings. The number of aliphatic hydroxyl groups excluding tert-OH is 1. The van der Waals surface area contributed by atoms with Crippen LogP contribution in [0.1, 0.15) is 6.42 Å². The zero-order chi connectivity index (χ0) is 13.5. The van der Waals surface area contributed by atoms with Crippen molar-refractivity contribution < 1.29 is 22.3 Å². The highest BCUT2D eigenvalue weighted by atomic mass is 32.2. The van der Waals surface area contributed by atoms with Crippen LogP contribution in [0.3, 0.4) is 0 Å². The standard InChI is InChI=1S/C10H12F2N2O3S/c11-8-3-6(13)4-9(12)10(8)18(16,17)14-2-1-7(15)5-14/h3-4,7,15H,1-2,5,13H2. The van der Waals surface area contributed by atoms with Crippen molar-refractivity contribution in [1.82, 2.24) is 4.31 Å². The average Bonchev–Trinajstić information content (AvgIpc) is 2.63. The number of nitrogens with zero attached hydrogens (tertiary/aromatic N) is 1. The van der Waals surface area contributed by atoms with Crippen molar-refractivity contribution in [2.75, 3.05) is 18.8 Å². The van der Waals surface area contributed by atoms with Gasteiger partial charge in [0.25, 0.3) is 0 Å². The fourth-order valence-corrected chi connectivity index (χ4v) is 3.47. The zero-order valence-corrected chi connectivity index (χ0v) is 10.1. The summed E-state index contributed by atoms with van der Waals surface area (Å²) >= 11 is 0. The van der Waals surface area contributed by atoms with Gasteiger partial charge in [0.05, 0.1) is 6.10 Å². The average molecular weight is 278 g/mol. The second-order valence-corrected chi connectivity index (χ2v) is 5.99. The first-order valence-corrected chi connectivity index (χ1v) is 6.69. The van der Waals surface area contributed by atoms with Gasteiger partial charge in [0.1, 0.15) is 11.6 Å². The van der Waals surface area contributed by atoms with E-state index in [0.29, 0.717) is 0 Å². The van der Waals surface area contributed by atoms with E-state index in [1.165, 1.54) is 0 Å². The summed E-state index contributed by atoms with van der Waals surface area (Å²) in [5.74, 6) is -2.46. The molecule has 18 heavy (non-hydrogen) atoms. The van der Waals surface area contributed by atoms with Gasteiger partial charge < -0.3 is 10.8 Å². The molecule has 1 saturated heterocycles. The number of sulfonamides is 1. The monoisotopic (exact) mass is 278 g/mol. The topological polar surface area (TPSA) is 83.6 Å². The summed E-state index contributed by atoms with van der Waals surface area (Å²) in [7, 11) is -4.28. The van der Waals surface area contributed by atoms with Crippen molar-refractivity contribution in [2.24, 2.45) is 0 Å². The number of nitrogens with two attached hydrogens (primary N) is 1. The largest absolute Gasteiger partial charge is 0.399 e. The molecular formula is C10H12F2N2O3S. The van der Waals surface area contributed by atoms with Crippen molar-refractivity contribution >= 4 is 15.7 Å². The van der Waals surface area contributed by atoms with E-state index in [1.54, 1.807) is 0 Å². The third-order valence-corrected chi connectivity index (χ3v) is 4.66. The van der Waals surface area contributed by atoms with Gasteiger partial charge >= 0.3 is 0 Å². The molecule has 0 radical (unpaired) electrons. The van der Waals surface area contributed by atoms with Crippen LogP contribution >= 0.6 is 0 Å². The lowest BCUT2D eigenvalue weighted by Crippen LogP contribution is -2.31. The van der Waals surface area contributed by atoms with Gasteiger partial charge in [0.15, 0.2) is 4.90 Å². The van der Waals surface area contributed by atoms with Crippen LogP contribution in [-0.4, -0.2) is 37.0 Å². The Morgan fingerprint density at radius 3 is 2.33 bits per heavy atom. The van der Waals surface area contributed by atoms with Crippen molar-refractivity contribution in [3.63, 3.8) is 0 Å². The van der Waals surface area contributed by atoms with Gasteiger partial charge in [0.2, 0.25) is 10.0 Å². The molecule has 8 heteroatoms. The first kappa shape index (κ1) is 13.2. The van der Waals surface area contributed by atoms with Gasteiger partial charge in [-0.15, -0.1) is 0 Å². The fourth-order valence-electron chi connectivity index (χ4n) is 1.88. The number of hydrogen-bond acceptors (Lipinski definition) is 4. The fraction of sp³-hybridized carbons (Fsp3) is 0.400.